The molecule has 6 heteroatoms. The summed E-state index contributed by atoms with van der Waals surface area (Å²) in [6, 6.07) is 5.18. The van der Waals surface area contributed by atoms with Gasteiger partial charge < -0.3 is 5.32 Å². The van der Waals surface area contributed by atoms with E-state index in [0.717, 1.165) is 28.3 Å². The summed E-state index contributed by atoms with van der Waals surface area (Å²) in [6.07, 6.45) is 3.26. The molecular formula is C19H30N2O3S. The van der Waals surface area contributed by atoms with E-state index in [9.17, 15) is 13.2 Å². The van der Waals surface area contributed by atoms with E-state index in [1.165, 1.54) is 13.5 Å². The topological polar surface area (TPSA) is 66.5 Å². The molecule has 0 aliphatic heterocycles. The predicted octanol–water partition coefficient (Wildman–Crippen LogP) is 2.86. The van der Waals surface area contributed by atoms with Crippen molar-refractivity contribution in [3.8, 4) is 0 Å². The maximum absolute atomic E-state index is 12.7. The second-order valence-corrected chi connectivity index (χ2v) is 9.49. The summed E-state index contributed by atoms with van der Waals surface area (Å²) >= 11 is 0. The minimum atomic E-state index is -3.67. The van der Waals surface area contributed by atoms with Crippen molar-refractivity contribution in [3.63, 3.8) is 0 Å². The zero-order valence-corrected chi connectivity index (χ0v) is 16.7. The van der Waals surface area contributed by atoms with E-state index in [0.29, 0.717) is 11.8 Å². The lowest BCUT2D eigenvalue weighted by Gasteiger charge is -2.34. The molecule has 1 aliphatic rings. The van der Waals surface area contributed by atoms with Crippen molar-refractivity contribution in [1.29, 1.82) is 0 Å². The highest BCUT2D eigenvalue weighted by Gasteiger charge is 2.29. The van der Waals surface area contributed by atoms with Crippen LogP contribution >= 0.6 is 0 Å². The first-order chi connectivity index (χ1) is 11.6. The van der Waals surface area contributed by atoms with Gasteiger partial charge in [0.05, 0.1) is 11.4 Å². The number of amides is 1. The zero-order chi connectivity index (χ0) is 18.8. The lowest BCUT2D eigenvalue weighted by atomic mass is 9.78. The van der Waals surface area contributed by atoms with Crippen molar-refractivity contribution in [3.05, 3.63) is 29.3 Å². The van der Waals surface area contributed by atoms with Gasteiger partial charge in [-0.3, -0.25) is 4.79 Å². The van der Waals surface area contributed by atoms with Crippen molar-refractivity contribution < 1.29 is 13.2 Å². The third kappa shape index (κ3) is 4.61. The zero-order valence-electron chi connectivity index (χ0n) is 15.9. The van der Waals surface area contributed by atoms with E-state index in [1.807, 2.05) is 13.8 Å². The third-order valence-corrected chi connectivity index (χ3v) is 7.41. The van der Waals surface area contributed by atoms with E-state index >= 15 is 0 Å². The molecule has 2 rings (SSSR count). The SMILES string of the molecule is Cc1ccc(S(=O)(=O)N(C)CC(=O)NC2CCCC(C)C2C)cc1C. The minimum Gasteiger partial charge on any atom is -0.352 e. The molecular weight excluding hydrogens is 336 g/mol. The first-order valence-corrected chi connectivity index (χ1v) is 10.4. The average molecular weight is 367 g/mol. The van der Waals surface area contributed by atoms with Gasteiger partial charge in [0.25, 0.3) is 0 Å². The summed E-state index contributed by atoms with van der Waals surface area (Å²) < 4.78 is 26.5. The second kappa shape index (κ2) is 7.87. The molecule has 0 heterocycles. The Bertz CT molecular complexity index is 730. The van der Waals surface area contributed by atoms with Gasteiger partial charge in [0.1, 0.15) is 0 Å². The number of aryl methyl sites for hydroxylation is 2. The first-order valence-electron chi connectivity index (χ1n) is 8.96. The number of rotatable bonds is 5. The first kappa shape index (κ1) is 19.9. The van der Waals surface area contributed by atoms with Crippen LogP contribution in [-0.4, -0.2) is 38.3 Å². The highest BCUT2D eigenvalue weighted by molar-refractivity contribution is 7.89. The summed E-state index contributed by atoms with van der Waals surface area (Å²) in [5.41, 5.74) is 1.96. The number of nitrogens with one attached hydrogen (secondary N) is 1. The molecule has 0 aromatic heterocycles. The van der Waals surface area contributed by atoms with Crippen LogP contribution in [0.5, 0.6) is 0 Å². The Hall–Kier alpha value is -1.40. The Balaban J connectivity index is 2.03. The van der Waals surface area contributed by atoms with Gasteiger partial charge in [0.2, 0.25) is 15.9 Å². The minimum absolute atomic E-state index is 0.133. The molecule has 3 atom stereocenters. The third-order valence-electron chi connectivity index (χ3n) is 5.61. The molecule has 1 saturated carbocycles. The Morgan fingerprint density at radius 2 is 1.88 bits per heavy atom. The molecule has 0 radical (unpaired) electrons. The highest BCUT2D eigenvalue weighted by atomic mass is 32.2. The molecule has 0 spiro atoms. The summed E-state index contributed by atoms with van der Waals surface area (Å²) in [5.74, 6) is 0.760. The van der Waals surface area contributed by atoms with Crippen LogP contribution in [0.3, 0.4) is 0 Å². The molecule has 1 aliphatic carbocycles. The van der Waals surface area contributed by atoms with Crippen LogP contribution < -0.4 is 5.32 Å². The molecule has 1 fully saturated rings. The number of benzene rings is 1. The van der Waals surface area contributed by atoms with E-state index in [1.54, 1.807) is 18.2 Å². The van der Waals surface area contributed by atoms with Crippen LogP contribution in [0.25, 0.3) is 0 Å². The molecule has 5 nitrogen and oxygen atoms in total. The van der Waals surface area contributed by atoms with E-state index < -0.39 is 10.0 Å². The molecule has 1 amide bonds. The van der Waals surface area contributed by atoms with Gasteiger partial charge >= 0.3 is 0 Å². The van der Waals surface area contributed by atoms with Gasteiger partial charge in [0, 0.05) is 13.1 Å². The number of carbonyl (C=O) groups excluding carboxylic acids is 1. The van der Waals surface area contributed by atoms with Crippen LogP contribution in [-0.2, 0) is 14.8 Å². The van der Waals surface area contributed by atoms with Gasteiger partial charge in [-0.15, -0.1) is 0 Å². The number of hydrogen-bond acceptors (Lipinski definition) is 3. The van der Waals surface area contributed by atoms with Gasteiger partial charge in [-0.25, -0.2) is 8.42 Å². The molecule has 0 bridgehead atoms. The molecule has 1 aromatic rings. The van der Waals surface area contributed by atoms with E-state index in [4.69, 9.17) is 0 Å². The Kier molecular flexibility index (Phi) is 6.27. The fraction of sp³-hybridized carbons (Fsp3) is 0.632. The monoisotopic (exact) mass is 366 g/mol. The van der Waals surface area contributed by atoms with Crippen LogP contribution in [0.15, 0.2) is 23.1 Å². The number of likely N-dealkylation sites (N-methyl/N-ethyl adjacent to an activating group) is 1. The maximum Gasteiger partial charge on any atom is 0.243 e. The standard InChI is InChI=1S/C19H30N2O3S/c1-13-9-10-17(11-15(13)3)25(23,24)21(5)12-19(22)20-18-8-6-7-14(2)16(18)4/h9-11,14,16,18H,6-8,12H2,1-5H3,(H,20,22). The van der Waals surface area contributed by atoms with Gasteiger partial charge in [-0.2, -0.15) is 4.31 Å². The molecule has 1 N–H and O–H groups in total. The molecule has 3 unspecified atom stereocenters. The van der Waals surface area contributed by atoms with E-state index in [2.05, 4.69) is 19.2 Å². The summed E-state index contributed by atoms with van der Waals surface area (Å²) in [5, 5.41) is 3.03. The quantitative estimate of drug-likeness (QED) is 0.871. The smallest absolute Gasteiger partial charge is 0.243 e. The van der Waals surface area contributed by atoms with Crippen molar-refractivity contribution in [2.75, 3.05) is 13.6 Å². The lowest BCUT2D eigenvalue weighted by molar-refractivity contribution is -0.122. The summed E-state index contributed by atoms with van der Waals surface area (Å²) in [7, 11) is -2.21. The van der Waals surface area contributed by atoms with Crippen molar-refractivity contribution >= 4 is 15.9 Å². The Morgan fingerprint density at radius 1 is 1.20 bits per heavy atom. The molecule has 25 heavy (non-hydrogen) atoms. The predicted molar refractivity (Wildman–Crippen MR) is 99.8 cm³/mol. The highest BCUT2D eigenvalue weighted by Crippen LogP contribution is 2.29. The maximum atomic E-state index is 12.7. The van der Waals surface area contributed by atoms with Gasteiger partial charge in [-0.1, -0.05) is 32.8 Å². The molecule has 0 saturated heterocycles. The number of hydrogen-bond donors (Lipinski definition) is 1. The molecule has 140 valence electrons. The van der Waals surface area contributed by atoms with Crippen molar-refractivity contribution in [1.82, 2.24) is 9.62 Å². The fourth-order valence-corrected chi connectivity index (χ4v) is 4.59. The number of sulfonamides is 1. The average Bonchev–Trinajstić information content (AvgIpc) is 2.54. The fourth-order valence-electron chi connectivity index (χ4n) is 3.38. The van der Waals surface area contributed by atoms with Crippen LogP contribution in [0.2, 0.25) is 0 Å². The van der Waals surface area contributed by atoms with Crippen LogP contribution in [0.1, 0.15) is 44.2 Å². The number of nitrogens with zero attached hydrogens (tertiary/aromatic N) is 1. The summed E-state index contributed by atoms with van der Waals surface area (Å²) in [4.78, 5) is 12.6. The normalized spacial score (nSPS) is 24.3. The van der Waals surface area contributed by atoms with Crippen molar-refractivity contribution in [2.24, 2.45) is 11.8 Å². The Morgan fingerprint density at radius 3 is 2.52 bits per heavy atom. The van der Waals surface area contributed by atoms with Gasteiger partial charge in [0.15, 0.2) is 0 Å². The summed E-state index contributed by atoms with van der Waals surface area (Å²) in [6.45, 7) is 8.03. The Labute approximate surface area is 151 Å². The largest absolute Gasteiger partial charge is 0.352 e. The molecule has 1 aromatic carbocycles. The van der Waals surface area contributed by atoms with Gasteiger partial charge in [-0.05, 0) is 55.4 Å². The van der Waals surface area contributed by atoms with Crippen LogP contribution in [0, 0.1) is 25.7 Å². The number of carbonyl (C=O) groups is 1. The van der Waals surface area contributed by atoms with Crippen molar-refractivity contribution in [2.45, 2.75) is 57.9 Å². The van der Waals surface area contributed by atoms with Crippen LogP contribution in [0.4, 0.5) is 0 Å². The van der Waals surface area contributed by atoms with E-state index in [-0.39, 0.29) is 23.4 Å². The second-order valence-electron chi connectivity index (χ2n) is 7.45. The lowest BCUT2D eigenvalue weighted by Crippen LogP contribution is -2.47.